The molecule has 0 aliphatic rings. The quantitative estimate of drug-likeness (QED) is 0.767. The fourth-order valence-corrected chi connectivity index (χ4v) is 2.13. The maximum Gasteiger partial charge on any atom is 0.150 e. The lowest BCUT2D eigenvalue weighted by molar-refractivity contribution is -0.118. The van der Waals surface area contributed by atoms with E-state index in [1.165, 1.54) is 0 Å². The average molecular weight is 233 g/mol. The highest BCUT2D eigenvalue weighted by molar-refractivity contribution is 5.76. The van der Waals surface area contributed by atoms with Crippen LogP contribution >= 0.6 is 0 Å². The van der Waals surface area contributed by atoms with Crippen LogP contribution in [-0.4, -0.2) is 19.1 Å². The van der Waals surface area contributed by atoms with Crippen molar-refractivity contribution >= 4 is 12.1 Å². The van der Waals surface area contributed by atoms with Gasteiger partial charge < -0.3 is 10.1 Å². The summed E-state index contributed by atoms with van der Waals surface area (Å²) in [5.41, 5.74) is 1.77. The second-order valence-electron chi connectivity index (χ2n) is 4.43. The molecule has 0 radical (unpaired) electrons. The van der Waals surface area contributed by atoms with E-state index in [1.807, 2.05) is 19.2 Å². The zero-order chi connectivity index (χ0) is 12.8. The van der Waals surface area contributed by atoms with Gasteiger partial charge in [0.25, 0.3) is 0 Å². The minimum atomic E-state index is 0.139. The predicted octanol–water partition coefficient (Wildman–Crippen LogP) is 2.37. The lowest BCUT2D eigenvalue weighted by Gasteiger charge is -2.23. The molecule has 17 heavy (non-hydrogen) atoms. The van der Waals surface area contributed by atoms with Gasteiger partial charge in [0.1, 0.15) is 12.1 Å². The molecule has 0 heterocycles. The minimum Gasteiger partial charge on any atom is -0.313 e. The van der Waals surface area contributed by atoms with Crippen molar-refractivity contribution in [3.8, 4) is 0 Å². The fourth-order valence-electron chi connectivity index (χ4n) is 2.13. The molecule has 2 unspecified atom stereocenters. The molecule has 1 aromatic rings. The Morgan fingerprint density at radius 1 is 1.35 bits per heavy atom. The van der Waals surface area contributed by atoms with Gasteiger partial charge in [-0.2, -0.15) is 0 Å². The van der Waals surface area contributed by atoms with E-state index >= 15 is 0 Å². The van der Waals surface area contributed by atoms with Gasteiger partial charge in [-0.15, -0.1) is 0 Å². The molecule has 3 nitrogen and oxygen atoms in total. The number of carbonyl (C=O) groups is 2. The molecule has 0 saturated heterocycles. The van der Waals surface area contributed by atoms with Crippen molar-refractivity contribution in [2.24, 2.45) is 5.92 Å². The first-order valence-corrected chi connectivity index (χ1v) is 5.80. The molecule has 92 valence electrons. The third-order valence-corrected chi connectivity index (χ3v) is 2.92. The largest absolute Gasteiger partial charge is 0.313 e. The molecular formula is C14H19NO2. The van der Waals surface area contributed by atoms with Crippen molar-refractivity contribution in [2.45, 2.75) is 26.3 Å². The molecule has 0 saturated carbocycles. The summed E-state index contributed by atoms with van der Waals surface area (Å²) in [4.78, 5) is 21.7. The summed E-state index contributed by atoms with van der Waals surface area (Å²) in [6.45, 7) is 3.66. The molecule has 2 atom stereocenters. The standard InChI is InChI=1S/C14H19NO2/c1-10(8-11(2)17)14(15-3)13-6-4-12(9-16)5-7-13/h4-7,9-10,14-15H,8H2,1-3H3. The molecule has 0 aliphatic heterocycles. The van der Waals surface area contributed by atoms with Crippen LogP contribution in [0, 0.1) is 5.92 Å². The maximum atomic E-state index is 11.1. The fraction of sp³-hybridized carbons (Fsp3) is 0.429. The molecular weight excluding hydrogens is 214 g/mol. The number of Topliss-reactive ketones (excluding diaryl/α,β-unsaturated/α-hetero) is 1. The van der Waals surface area contributed by atoms with Crippen LogP contribution in [0.15, 0.2) is 24.3 Å². The first kappa shape index (κ1) is 13.6. The van der Waals surface area contributed by atoms with E-state index in [2.05, 4.69) is 12.2 Å². The van der Waals surface area contributed by atoms with Gasteiger partial charge in [-0.1, -0.05) is 31.2 Å². The second kappa shape index (κ2) is 6.30. The van der Waals surface area contributed by atoms with Crippen molar-refractivity contribution < 1.29 is 9.59 Å². The first-order chi connectivity index (χ1) is 8.08. The highest BCUT2D eigenvalue weighted by atomic mass is 16.1. The Hall–Kier alpha value is -1.48. The van der Waals surface area contributed by atoms with E-state index in [0.717, 1.165) is 11.8 Å². The molecule has 0 amide bonds. The number of nitrogens with one attached hydrogen (secondary N) is 1. The molecule has 0 aromatic heterocycles. The third-order valence-electron chi connectivity index (χ3n) is 2.92. The van der Waals surface area contributed by atoms with Gasteiger partial charge in [0, 0.05) is 18.0 Å². The second-order valence-corrected chi connectivity index (χ2v) is 4.43. The molecule has 1 rings (SSSR count). The van der Waals surface area contributed by atoms with E-state index in [-0.39, 0.29) is 17.7 Å². The molecule has 3 heteroatoms. The smallest absolute Gasteiger partial charge is 0.150 e. The number of ketones is 1. The zero-order valence-corrected chi connectivity index (χ0v) is 10.6. The Labute approximate surface area is 102 Å². The number of rotatable bonds is 6. The van der Waals surface area contributed by atoms with Crippen LogP contribution in [0.25, 0.3) is 0 Å². The Morgan fingerprint density at radius 2 is 1.94 bits per heavy atom. The van der Waals surface area contributed by atoms with Crippen LogP contribution in [0.3, 0.4) is 0 Å². The summed E-state index contributed by atoms with van der Waals surface area (Å²) >= 11 is 0. The summed E-state index contributed by atoms with van der Waals surface area (Å²) < 4.78 is 0. The van der Waals surface area contributed by atoms with Crippen LogP contribution in [0.5, 0.6) is 0 Å². The first-order valence-electron chi connectivity index (χ1n) is 5.80. The van der Waals surface area contributed by atoms with Crippen LogP contribution in [-0.2, 0) is 4.79 Å². The number of benzene rings is 1. The highest BCUT2D eigenvalue weighted by Gasteiger charge is 2.18. The number of hydrogen-bond acceptors (Lipinski definition) is 3. The van der Waals surface area contributed by atoms with Gasteiger partial charge in [0.2, 0.25) is 0 Å². The SMILES string of the molecule is CNC(c1ccc(C=O)cc1)C(C)CC(C)=O. The van der Waals surface area contributed by atoms with Gasteiger partial charge in [0.05, 0.1) is 0 Å². The minimum absolute atomic E-state index is 0.139. The molecule has 0 spiro atoms. The topological polar surface area (TPSA) is 46.2 Å². The molecule has 0 bridgehead atoms. The zero-order valence-electron chi connectivity index (χ0n) is 10.6. The van der Waals surface area contributed by atoms with Crippen molar-refractivity contribution in [2.75, 3.05) is 7.05 Å². The van der Waals surface area contributed by atoms with Crippen molar-refractivity contribution in [1.82, 2.24) is 5.32 Å². The third kappa shape index (κ3) is 3.79. The molecule has 1 aromatic carbocycles. The highest BCUT2D eigenvalue weighted by Crippen LogP contribution is 2.24. The van der Waals surface area contributed by atoms with Crippen molar-refractivity contribution in [3.63, 3.8) is 0 Å². The summed E-state index contributed by atoms with van der Waals surface area (Å²) in [5, 5.41) is 3.22. The van der Waals surface area contributed by atoms with Gasteiger partial charge in [-0.25, -0.2) is 0 Å². The Bertz CT molecular complexity index is 384. The van der Waals surface area contributed by atoms with Crippen LogP contribution in [0.4, 0.5) is 0 Å². The Morgan fingerprint density at radius 3 is 2.35 bits per heavy atom. The van der Waals surface area contributed by atoms with E-state index in [0.29, 0.717) is 12.0 Å². The molecule has 1 N–H and O–H groups in total. The molecule has 0 aliphatic carbocycles. The van der Waals surface area contributed by atoms with E-state index in [9.17, 15) is 9.59 Å². The Kier molecular flexibility index (Phi) is 5.04. The lowest BCUT2D eigenvalue weighted by atomic mass is 9.90. The van der Waals surface area contributed by atoms with E-state index < -0.39 is 0 Å². The van der Waals surface area contributed by atoms with E-state index in [4.69, 9.17) is 0 Å². The number of hydrogen-bond donors (Lipinski definition) is 1. The normalized spacial score (nSPS) is 14.1. The van der Waals surface area contributed by atoms with Crippen LogP contribution in [0.1, 0.15) is 42.2 Å². The van der Waals surface area contributed by atoms with Crippen LogP contribution < -0.4 is 5.32 Å². The van der Waals surface area contributed by atoms with Gasteiger partial charge in [-0.05, 0) is 25.5 Å². The van der Waals surface area contributed by atoms with Crippen LogP contribution in [0.2, 0.25) is 0 Å². The van der Waals surface area contributed by atoms with Gasteiger partial charge >= 0.3 is 0 Å². The van der Waals surface area contributed by atoms with Gasteiger partial charge in [0.15, 0.2) is 0 Å². The number of carbonyl (C=O) groups excluding carboxylic acids is 2. The Balaban J connectivity index is 2.84. The summed E-state index contributed by atoms with van der Waals surface area (Å²) in [7, 11) is 1.88. The van der Waals surface area contributed by atoms with E-state index in [1.54, 1.807) is 19.1 Å². The summed E-state index contributed by atoms with van der Waals surface area (Å²) in [6, 6.07) is 7.60. The number of aldehydes is 1. The average Bonchev–Trinajstić information content (AvgIpc) is 2.30. The van der Waals surface area contributed by atoms with Gasteiger partial charge in [-0.3, -0.25) is 4.79 Å². The maximum absolute atomic E-state index is 11.1. The molecule has 0 fully saturated rings. The van der Waals surface area contributed by atoms with Crippen molar-refractivity contribution in [1.29, 1.82) is 0 Å². The summed E-state index contributed by atoms with van der Waals surface area (Å²) in [6.07, 6.45) is 1.39. The lowest BCUT2D eigenvalue weighted by Crippen LogP contribution is -2.24. The summed E-state index contributed by atoms with van der Waals surface area (Å²) in [5.74, 6) is 0.432. The van der Waals surface area contributed by atoms with Crippen molar-refractivity contribution in [3.05, 3.63) is 35.4 Å². The monoisotopic (exact) mass is 233 g/mol. The predicted molar refractivity (Wildman–Crippen MR) is 68.1 cm³/mol.